The van der Waals surface area contributed by atoms with E-state index >= 15 is 0 Å². The van der Waals surface area contributed by atoms with Crippen LogP contribution in [-0.2, 0) is 11.3 Å². The number of amides is 1. The molecule has 1 aliphatic rings. The molecule has 0 radical (unpaired) electrons. The van der Waals surface area contributed by atoms with Gasteiger partial charge < -0.3 is 15.0 Å². The number of benzene rings is 2. The first-order valence-corrected chi connectivity index (χ1v) is 11.7. The highest BCUT2D eigenvalue weighted by atomic mass is 32.2. The summed E-state index contributed by atoms with van der Waals surface area (Å²) in [6.45, 7) is 0.558. The molecule has 0 saturated heterocycles. The summed E-state index contributed by atoms with van der Waals surface area (Å²) >= 11 is 1.33. The van der Waals surface area contributed by atoms with Crippen molar-refractivity contribution in [1.82, 2.24) is 9.55 Å². The number of hydrogen-bond donors (Lipinski definition) is 2. The van der Waals surface area contributed by atoms with Crippen LogP contribution in [0.3, 0.4) is 0 Å². The number of fused-ring (bicyclic) bond motifs is 1. The predicted molar refractivity (Wildman–Crippen MR) is 130 cm³/mol. The van der Waals surface area contributed by atoms with Crippen molar-refractivity contribution in [1.29, 1.82) is 0 Å². The normalized spacial score (nSPS) is 14.5. The van der Waals surface area contributed by atoms with Crippen LogP contribution in [0.5, 0.6) is 0 Å². The van der Waals surface area contributed by atoms with Crippen LogP contribution in [0.2, 0.25) is 0 Å². The molecule has 4 aromatic rings. The van der Waals surface area contributed by atoms with Gasteiger partial charge in [0.2, 0.25) is 0 Å². The molecule has 0 spiro atoms. The second kappa shape index (κ2) is 8.75. The number of nitrogens with zero attached hydrogens (tertiary/aromatic N) is 2. The van der Waals surface area contributed by atoms with Crippen LogP contribution in [0.25, 0.3) is 10.9 Å². The maximum Gasteiger partial charge on any atom is 0.320 e. The molecular weight excluding hydrogens is 434 g/mol. The number of carbonyl (C=O) groups excluding carboxylic acids is 1. The Balaban J connectivity index is 1.44. The molecule has 166 valence electrons. The Labute approximate surface area is 195 Å². The number of carboxylic acid groups (broad SMARTS) is 1. The lowest BCUT2D eigenvalue weighted by atomic mass is 9.84. The number of aliphatic carboxylic acids is 1. The van der Waals surface area contributed by atoms with E-state index in [9.17, 15) is 14.7 Å². The molecule has 2 aromatic heterocycles. The number of rotatable bonds is 7. The summed E-state index contributed by atoms with van der Waals surface area (Å²) in [5.41, 5.74) is 3.06. The van der Waals surface area contributed by atoms with Gasteiger partial charge in [0, 0.05) is 28.2 Å². The number of hydrogen-bond acceptors (Lipinski definition) is 4. The summed E-state index contributed by atoms with van der Waals surface area (Å²) in [5, 5.41) is 13.6. The molecule has 1 aliphatic carbocycles. The molecule has 2 aromatic carbocycles. The van der Waals surface area contributed by atoms with Crippen LogP contribution >= 0.6 is 11.8 Å². The average Bonchev–Trinajstić information content (AvgIpc) is 3.16. The second-order valence-electron chi connectivity index (χ2n) is 8.21. The summed E-state index contributed by atoms with van der Waals surface area (Å²) in [5.74, 6) is -1.02. The van der Waals surface area contributed by atoms with E-state index in [1.54, 1.807) is 6.20 Å². The molecule has 0 bridgehead atoms. The fourth-order valence-electron chi connectivity index (χ4n) is 4.14. The molecular formula is C26H23N3O3S. The van der Waals surface area contributed by atoms with Gasteiger partial charge in [0.25, 0.3) is 5.91 Å². The molecule has 0 aliphatic heterocycles. The van der Waals surface area contributed by atoms with Gasteiger partial charge in [-0.05, 0) is 49.6 Å². The second-order valence-corrected chi connectivity index (χ2v) is 9.64. The summed E-state index contributed by atoms with van der Waals surface area (Å²) in [7, 11) is 0. The Morgan fingerprint density at radius 1 is 1.03 bits per heavy atom. The predicted octanol–water partition coefficient (Wildman–Crippen LogP) is 5.44. The van der Waals surface area contributed by atoms with E-state index in [4.69, 9.17) is 0 Å². The Bertz CT molecular complexity index is 1330. The lowest BCUT2D eigenvalue weighted by Crippen LogP contribution is -2.41. The SMILES string of the molecule is O=C(Nc1ccccc1SC1(C(=O)O)CCC1)c1cn(Cc2ccccn2)c2ccccc12. The van der Waals surface area contributed by atoms with E-state index in [0.29, 0.717) is 30.6 Å². The fraction of sp³-hybridized carbons (Fsp3) is 0.192. The molecule has 5 rings (SSSR count). The molecule has 2 heterocycles. The minimum Gasteiger partial charge on any atom is -0.480 e. The molecule has 6 nitrogen and oxygen atoms in total. The van der Waals surface area contributed by atoms with Crippen molar-refractivity contribution >= 4 is 40.2 Å². The number of pyridine rings is 1. The highest BCUT2D eigenvalue weighted by molar-refractivity contribution is 8.01. The first-order valence-electron chi connectivity index (χ1n) is 10.9. The Kier molecular flexibility index (Phi) is 5.64. The van der Waals surface area contributed by atoms with E-state index in [1.165, 1.54) is 11.8 Å². The minimum atomic E-state index is -0.806. The van der Waals surface area contributed by atoms with Crippen molar-refractivity contribution in [2.45, 2.75) is 35.4 Å². The summed E-state index contributed by atoms with van der Waals surface area (Å²) in [6.07, 6.45) is 5.79. The van der Waals surface area contributed by atoms with Crippen LogP contribution in [0.15, 0.2) is 84.0 Å². The third kappa shape index (κ3) is 4.12. The first kappa shape index (κ1) is 21.3. The molecule has 7 heteroatoms. The standard InChI is InChI=1S/C26H23N3O3S/c30-24(28-21-10-2-4-12-23(21)33-26(25(31)32)13-7-14-26)20-17-29(16-18-8-5-6-15-27-18)22-11-3-1-9-19(20)22/h1-6,8-12,15,17H,7,13-14,16H2,(H,28,30)(H,31,32). The van der Waals surface area contributed by atoms with Gasteiger partial charge in [-0.25, -0.2) is 0 Å². The van der Waals surface area contributed by atoms with Crippen LogP contribution in [0.4, 0.5) is 5.69 Å². The van der Waals surface area contributed by atoms with Gasteiger partial charge in [-0.1, -0.05) is 36.4 Å². The van der Waals surface area contributed by atoms with E-state index in [-0.39, 0.29) is 5.91 Å². The molecule has 33 heavy (non-hydrogen) atoms. The molecule has 1 saturated carbocycles. The van der Waals surface area contributed by atoms with Crippen molar-refractivity contribution in [3.05, 3.63) is 90.4 Å². The van der Waals surface area contributed by atoms with Crippen molar-refractivity contribution < 1.29 is 14.7 Å². The van der Waals surface area contributed by atoms with Gasteiger partial charge in [0.05, 0.1) is 23.5 Å². The zero-order chi connectivity index (χ0) is 22.8. The van der Waals surface area contributed by atoms with Crippen LogP contribution in [0, 0.1) is 0 Å². The highest BCUT2D eigenvalue weighted by Crippen LogP contribution is 2.49. The zero-order valence-corrected chi connectivity index (χ0v) is 18.7. The maximum absolute atomic E-state index is 13.4. The number of carboxylic acids is 1. The lowest BCUT2D eigenvalue weighted by Gasteiger charge is -2.37. The summed E-state index contributed by atoms with van der Waals surface area (Å²) in [6, 6.07) is 21.0. The van der Waals surface area contributed by atoms with E-state index in [1.807, 2.05) is 77.5 Å². The average molecular weight is 458 g/mol. The Hall–Kier alpha value is -3.58. The molecule has 2 N–H and O–H groups in total. The van der Waals surface area contributed by atoms with Gasteiger partial charge >= 0.3 is 5.97 Å². The largest absolute Gasteiger partial charge is 0.480 e. The van der Waals surface area contributed by atoms with Crippen LogP contribution in [0.1, 0.15) is 35.3 Å². The van der Waals surface area contributed by atoms with E-state index in [0.717, 1.165) is 27.9 Å². The van der Waals surface area contributed by atoms with Crippen LogP contribution < -0.4 is 5.32 Å². The van der Waals surface area contributed by atoms with Gasteiger partial charge in [0.15, 0.2) is 0 Å². The van der Waals surface area contributed by atoms with Gasteiger partial charge in [0.1, 0.15) is 4.75 Å². The topological polar surface area (TPSA) is 84.2 Å². The fourth-order valence-corrected chi connectivity index (χ4v) is 5.52. The summed E-state index contributed by atoms with van der Waals surface area (Å²) < 4.78 is 1.22. The Morgan fingerprint density at radius 2 is 1.79 bits per heavy atom. The quantitative estimate of drug-likeness (QED) is 0.386. The van der Waals surface area contributed by atoms with Gasteiger partial charge in [-0.15, -0.1) is 11.8 Å². The third-order valence-corrected chi connectivity index (χ3v) is 7.63. The zero-order valence-electron chi connectivity index (χ0n) is 17.9. The monoisotopic (exact) mass is 457 g/mol. The molecule has 0 unspecified atom stereocenters. The van der Waals surface area contributed by atoms with Crippen LogP contribution in [-0.4, -0.2) is 31.3 Å². The van der Waals surface area contributed by atoms with Crippen molar-refractivity contribution in [3.63, 3.8) is 0 Å². The number of anilines is 1. The minimum absolute atomic E-state index is 0.225. The first-order chi connectivity index (χ1) is 16.1. The van der Waals surface area contributed by atoms with Crippen molar-refractivity contribution in [3.8, 4) is 0 Å². The lowest BCUT2D eigenvalue weighted by molar-refractivity contribution is -0.142. The van der Waals surface area contributed by atoms with Gasteiger partial charge in [-0.2, -0.15) is 0 Å². The number of para-hydroxylation sites is 2. The summed E-state index contributed by atoms with van der Waals surface area (Å²) in [4.78, 5) is 30.4. The van der Waals surface area contributed by atoms with Crippen molar-refractivity contribution in [2.24, 2.45) is 0 Å². The van der Waals surface area contributed by atoms with Gasteiger partial charge in [-0.3, -0.25) is 14.6 Å². The maximum atomic E-state index is 13.4. The molecule has 1 fully saturated rings. The molecule has 1 amide bonds. The van der Waals surface area contributed by atoms with E-state index in [2.05, 4.69) is 10.3 Å². The van der Waals surface area contributed by atoms with Crippen molar-refractivity contribution in [2.75, 3.05) is 5.32 Å². The smallest absolute Gasteiger partial charge is 0.320 e. The number of carbonyl (C=O) groups is 2. The number of aromatic nitrogens is 2. The third-order valence-electron chi connectivity index (χ3n) is 6.08. The highest BCUT2D eigenvalue weighted by Gasteiger charge is 2.45. The molecule has 0 atom stereocenters. The van der Waals surface area contributed by atoms with E-state index < -0.39 is 10.7 Å². The number of nitrogens with one attached hydrogen (secondary N) is 1. The Morgan fingerprint density at radius 3 is 2.52 bits per heavy atom. The number of thioether (sulfide) groups is 1.